The number of amides is 2. The summed E-state index contributed by atoms with van der Waals surface area (Å²) in [6, 6.07) is 11.1. The van der Waals surface area contributed by atoms with Crippen LogP contribution in [0, 0.1) is 11.7 Å². The molecule has 1 N–H and O–H groups in total. The largest absolute Gasteiger partial charge is 0.354 e. The lowest BCUT2D eigenvalue weighted by atomic mass is 10.1. The van der Waals surface area contributed by atoms with Crippen molar-refractivity contribution in [1.82, 2.24) is 14.5 Å². The van der Waals surface area contributed by atoms with Crippen LogP contribution in [0.5, 0.6) is 0 Å². The summed E-state index contributed by atoms with van der Waals surface area (Å²) in [6.07, 6.45) is 0. The summed E-state index contributed by atoms with van der Waals surface area (Å²) in [5.74, 6) is -1.64. The molecule has 1 atom stereocenters. The van der Waals surface area contributed by atoms with Crippen molar-refractivity contribution in [3.05, 3.63) is 64.9 Å². The van der Waals surface area contributed by atoms with Gasteiger partial charge >= 0.3 is 10.2 Å². The number of carbonyl (C=O) groups is 2. The lowest BCUT2D eigenvalue weighted by molar-refractivity contribution is -0.139. The molecule has 0 radical (unpaired) electrons. The van der Waals surface area contributed by atoms with Crippen LogP contribution in [0.3, 0.4) is 0 Å². The van der Waals surface area contributed by atoms with Crippen LogP contribution in [-0.2, 0) is 26.3 Å². The van der Waals surface area contributed by atoms with Crippen molar-refractivity contribution in [1.29, 1.82) is 0 Å². The highest BCUT2D eigenvalue weighted by Gasteiger charge is 2.33. The number of para-hydroxylation sites is 1. The van der Waals surface area contributed by atoms with E-state index in [4.69, 9.17) is 11.6 Å². The summed E-state index contributed by atoms with van der Waals surface area (Å²) >= 11 is 5.97. The molecule has 0 fully saturated rings. The van der Waals surface area contributed by atoms with Crippen molar-refractivity contribution in [3.63, 3.8) is 0 Å². The van der Waals surface area contributed by atoms with Gasteiger partial charge in [-0.2, -0.15) is 12.7 Å². The first-order valence-corrected chi connectivity index (χ1v) is 12.9. The Morgan fingerprint density at radius 2 is 1.63 bits per heavy atom. The third kappa shape index (κ3) is 7.65. The fraction of sp³-hybridized carbons (Fsp3) is 0.417. The topological polar surface area (TPSA) is 90.0 Å². The quantitative estimate of drug-likeness (QED) is 0.486. The average Bonchev–Trinajstić information content (AvgIpc) is 2.80. The van der Waals surface area contributed by atoms with Gasteiger partial charge in [-0.15, -0.1) is 0 Å². The number of hydrogen-bond acceptors (Lipinski definition) is 4. The van der Waals surface area contributed by atoms with E-state index in [2.05, 4.69) is 5.32 Å². The van der Waals surface area contributed by atoms with Crippen LogP contribution in [0.25, 0.3) is 0 Å². The summed E-state index contributed by atoms with van der Waals surface area (Å²) < 4.78 is 42.3. The second kappa shape index (κ2) is 12.3. The molecule has 192 valence electrons. The van der Waals surface area contributed by atoms with Gasteiger partial charge in [0.05, 0.1) is 5.69 Å². The van der Waals surface area contributed by atoms with Crippen LogP contribution in [0.1, 0.15) is 26.3 Å². The molecule has 2 aromatic carbocycles. The molecular weight excluding hydrogens is 495 g/mol. The Labute approximate surface area is 211 Å². The lowest BCUT2D eigenvalue weighted by Gasteiger charge is -2.33. The van der Waals surface area contributed by atoms with E-state index in [0.717, 1.165) is 10.4 Å². The predicted octanol–water partition coefficient (Wildman–Crippen LogP) is 3.28. The highest BCUT2D eigenvalue weighted by molar-refractivity contribution is 7.90. The lowest BCUT2D eigenvalue weighted by Crippen LogP contribution is -2.52. The normalized spacial score (nSPS) is 12.5. The summed E-state index contributed by atoms with van der Waals surface area (Å²) in [7, 11) is -1.64. The van der Waals surface area contributed by atoms with Gasteiger partial charge in [0.2, 0.25) is 11.8 Å². The number of benzene rings is 2. The molecule has 0 aliphatic carbocycles. The van der Waals surface area contributed by atoms with Gasteiger partial charge < -0.3 is 10.2 Å². The number of nitrogens with one attached hydrogen (secondary N) is 1. The van der Waals surface area contributed by atoms with Crippen molar-refractivity contribution in [2.75, 3.05) is 31.5 Å². The number of nitrogens with zero attached hydrogens (tertiary/aromatic N) is 3. The fourth-order valence-corrected chi connectivity index (χ4v) is 4.37. The van der Waals surface area contributed by atoms with Gasteiger partial charge in [0.25, 0.3) is 0 Å². The number of anilines is 1. The van der Waals surface area contributed by atoms with Gasteiger partial charge in [-0.05, 0) is 42.7 Å². The van der Waals surface area contributed by atoms with Crippen molar-refractivity contribution in [3.8, 4) is 0 Å². The fourth-order valence-electron chi connectivity index (χ4n) is 3.18. The Bertz CT molecular complexity index is 1130. The summed E-state index contributed by atoms with van der Waals surface area (Å²) in [6.45, 7) is 5.20. The summed E-state index contributed by atoms with van der Waals surface area (Å²) in [5, 5.41) is 3.31. The van der Waals surface area contributed by atoms with Gasteiger partial charge in [-0.1, -0.05) is 49.7 Å². The Balaban J connectivity index is 2.44. The highest BCUT2D eigenvalue weighted by Crippen LogP contribution is 2.24. The molecule has 0 aromatic heterocycles. The van der Waals surface area contributed by atoms with E-state index in [0.29, 0.717) is 21.4 Å². The summed E-state index contributed by atoms with van der Waals surface area (Å²) in [5.41, 5.74) is 0.428. The molecule has 8 nitrogen and oxygen atoms in total. The van der Waals surface area contributed by atoms with Crippen LogP contribution in [0.4, 0.5) is 10.1 Å². The zero-order valence-electron chi connectivity index (χ0n) is 20.5. The molecule has 0 spiro atoms. The third-order valence-electron chi connectivity index (χ3n) is 5.26. The van der Waals surface area contributed by atoms with Gasteiger partial charge in [0.1, 0.15) is 18.4 Å². The number of rotatable bonds is 11. The van der Waals surface area contributed by atoms with Crippen molar-refractivity contribution < 1.29 is 22.4 Å². The van der Waals surface area contributed by atoms with E-state index in [1.54, 1.807) is 31.2 Å². The van der Waals surface area contributed by atoms with E-state index in [-0.39, 0.29) is 24.1 Å². The van der Waals surface area contributed by atoms with Crippen molar-refractivity contribution in [2.45, 2.75) is 33.4 Å². The second-order valence-electron chi connectivity index (χ2n) is 8.71. The zero-order chi connectivity index (χ0) is 26.3. The minimum Gasteiger partial charge on any atom is -0.354 e. The maximum atomic E-state index is 14.6. The second-order valence-corrected chi connectivity index (χ2v) is 11.2. The first-order chi connectivity index (χ1) is 16.3. The number of carbonyl (C=O) groups excluding carboxylic acids is 2. The maximum absolute atomic E-state index is 14.6. The third-order valence-corrected chi connectivity index (χ3v) is 7.32. The molecule has 11 heteroatoms. The van der Waals surface area contributed by atoms with Crippen LogP contribution in [0.15, 0.2) is 48.5 Å². The first kappa shape index (κ1) is 28.5. The molecule has 1 unspecified atom stereocenters. The van der Waals surface area contributed by atoms with E-state index in [9.17, 15) is 22.4 Å². The monoisotopic (exact) mass is 526 g/mol. The van der Waals surface area contributed by atoms with Crippen LogP contribution in [0.2, 0.25) is 5.02 Å². The van der Waals surface area contributed by atoms with E-state index in [1.165, 1.54) is 37.2 Å². The van der Waals surface area contributed by atoms with Crippen LogP contribution < -0.4 is 9.62 Å². The minimum atomic E-state index is -4.23. The number of halogens is 2. The Hall–Kier alpha value is -2.69. The molecule has 0 saturated heterocycles. The first-order valence-electron chi connectivity index (χ1n) is 11.1. The van der Waals surface area contributed by atoms with Gasteiger partial charge in [0.15, 0.2) is 0 Å². The van der Waals surface area contributed by atoms with Gasteiger partial charge in [-0.3, -0.25) is 9.59 Å². The molecule has 0 aliphatic rings. The van der Waals surface area contributed by atoms with Gasteiger partial charge in [-0.25, -0.2) is 8.70 Å². The van der Waals surface area contributed by atoms with Gasteiger partial charge in [0, 0.05) is 32.2 Å². The van der Waals surface area contributed by atoms with Crippen LogP contribution >= 0.6 is 11.6 Å². The SMILES string of the molecule is CC(C)CNC(=O)C(C)N(Cc1ccc(Cl)cc1)C(=O)CN(c1ccccc1F)S(=O)(=O)N(C)C. The smallest absolute Gasteiger partial charge is 0.304 e. The molecule has 35 heavy (non-hydrogen) atoms. The molecule has 0 bridgehead atoms. The van der Waals surface area contributed by atoms with Crippen molar-refractivity contribution in [2.24, 2.45) is 5.92 Å². The maximum Gasteiger partial charge on any atom is 0.304 e. The van der Waals surface area contributed by atoms with E-state index >= 15 is 0 Å². The standard InChI is InChI=1S/C24H32ClFN4O4S/c1-17(2)14-27-24(32)18(3)29(15-19-10-12-20(25)13-11-19)23(31)16-30(35(33,34)28(4)5)22-9-7-6-8-21(22)26/h6-13,17-18H,14-16H2,1-5H3,(H,27,32). The summed E-state index contributed by atoms with van der Waals surface area (Å²) in [4.78, 5) is 27.6. The average molecular weight is 527 g/mol. The molecule has 2 amide bonds. The molecule has 0 saturated carbocycles. The van der Waals surface area contributed by atoms with E-state index < -0.39 is 34.5 Å². The zero-order valence-corrected chi connectivity index (χ0v) is 22.1. The Morgan fingerprint density at radius 3 is 2.17 bits per heavy atom. The number of hydrogen-bond donors (Lipinski definition) is 1. The molecule has 2 aromatic rings. The predicted molar refractivity (Wildman–Crippen MR) is 136 cm³/mol. The molecule has 0 heterocycles. The highest BCUT2D eigenvalue weighted by atomic mass is 35.5. The molecular formula is C24H32ClFN4O4S. The Morgan fingerprint density at radius 1 is 1.03 bits per heavy atom. The van der Waals surface area contributed by atoms with Crippen LogP contribution in [-0.4, -0.2) is 62.7 Å². The van der Waals surface area contributed by atoms with E-state index in [1.807, 2.05) is 13.8 Å². The molecule has 0 aliphatic heterocycles. The molecule has 2 rings (SSSR count). The Kier molecular flexibility index (Phi) is 10.1. The van der Waals surface area contributed by atoms with Crippen molar-refractivity contribution >= 4 is 39.3 Å². The minimum absolute atomic E-state index is 0.0272.